The fourth-order valence-corrected chi connectivity index (χ4v) is 2.44. The van der Waals surface area contributed by atoms with Gasteiger partial charge in [-0.1, -0.05) is 37.3 Å². The summed E-state index contributed by atoms with van der Waals surface area (Å²) in [7, 11) is 0. The van der Waals surface area contributed by atoms with Crippen molar-refractivity contribution < 1.29 is 19.1 Å². The van der Waals surface area contributed by atoms with Gasteiger partial charge in [-0.3, -0.25) is 9.59 Å². The zero-order valence-corrected chi connectivity index (χ0v) is 13.5. The van der Waals surface area contributed by atoms with Crippen LogP contribution in [0, 0.1) is 11.7 Å². The molecule has 1 amide bonds. The number of benzene rings is 2. The summed E-state index contributed by atoms with van der Waals surface area (Å²) < 4.78 is 13.1. The number of rotatable bonds is 7. The quantitative estimate of drug-likeness (QED) is 0.845. The minimum absolute atomic E-state index is 0.108. The second kappa shape index (κ2) is 8.24. The Morgan fingerprint density at radius 3 is 2.25 bits per heavy atom. The van der Waals surface area contributed by atoms with Gasteiger partial charge in [0.2, 0.25) is 0 Å². The number of carbonyl (C=O) groups excluding carboxylic acids is 1. The van der Waals surface area contributed by atoms with Gasteiger partial charge in [0.1, 0.15) is 5.82 Å². The lowest BCUT2D eigenvalue weighted by Gasteiger charge is -2.26. The molecule has 1 unspecified atom stereocenters. The van der Waals surface area contributed by atoms with Crippen LogP contribution < -0.4 is 0 Å². The van der Waals surface area contributed by atoms with Gasteiger partial charge < -0.3 is 10.0 Å². The number of carbonyl (C=O) groups is 2. The zero-order valence-electron chi connectivity index (χ0n) is 13.5. The third-order valence-electron chi connectivity index (χ3n) is 3.88. The van der Waals surface area contributed by atoms with Crippen molar-refractivity contribution in [3.05, 3.63) is 71.5 Å². The van der Waals surface area contributed by atoms with E-state index in [4.69, 9.17) is 0 Å². The predicted molar refractivity (Wildman–Crippen MR) is 89.0 cm³/mol. The Morgan fingerprint density at radius 2 is 1.71 bits per heavy atom. The van der Waals surface area contributed by atoms with E-state index < -0.39 is 11.9 Å². The molecule has 0 heterocycles. The maximum Gasteiger partial charge on any atom is 0.308 e. The number of aliphatic carboxylic acids is 1. The lowest BCUT2D eigenvalue weighted by molar-refractivity contribution is -0.142. The van der Waals surface area contributed by atoms with E-state index in [9.17, 15) is 19.1 Å². The largest absolute Gasteiger partial charge is 0.481 e. The van der Waals surface area contributed by atoms with Crippen molar-refractivity contribution in [1.29, 1.82) is 0 Å². The Labute approximate surface area is 140 Å². The molecule has 24 heavy (non-hydrogen) atoms. The van der Waals surface area contributed by atoms with Gasteiger partial charge in [-0.25, -0.2) is 4.39 Å². The second-order valence-electron chi connectivity index (χ2n) is 5.62. The van der Waals surface area contributed by atoms with Crippen LogP contribution in [0.15, 0.2) is 54.6 Å². The van der Waals surface area contributed by atoms with Gasteiger partial charge in [-0.05, 0) is 36.2 Å². The first-order valence-electron chi connectivity index (χ1n) is 7.82. The van der Waals surface area contributed by atoms with E-state index >= 15 is 0 Å². The summed E-state index contributed by atoms with van der Waals surface area (Å²) in [5.41, 5.74) is 1.25. The molecule has 5 heteroatoms. The van der Waals surface area contributed by atoms with Crippen LogP contribution >= 0.6 is 0 Å². The van der Waals surface area contributed by atoms with Crippen LogP contribution in [-0.2, 0) is 11.3 Å². The molecule has 0 aliphatic carbocycles. The highest BCUT2D eigenvalue weighted by molar-refractivity contribution is 5.94. The first kappa shape index (κ1) is 17.7. The number of carboxylic acids is 1. The molecule has 126 valence electrons. The average Bonchev–Trinajstić information content (AvgIpc) is 2.60. The molecule has 2 aromatic rings. The molecule has 0 aliphatic rings. The fraction of sp³-hybridized carbons (Fsp3) is 0.263. The molecule has 1 N–H and O–H groups in total. The van der Waals surface area contributed by atoms with Crippen LogP contribution in [0.25, 0.3) is 0 Å². The predicted octanol–water partition coefficient (Wildman–Crippen LogP) is 3.58. The Balaban J connectivity index is 2.24. The van der Waals surface area contributed by atoms with Gasteiger partial charge in [-0.2, -0.15) is 0 Å². The fourth-order valence-electron chi connectivity index (χ4n) is 2.44. The van der Waals surface area contributed by atoms with Crippen LogP contribution in [0.3, 0.4) is 0 Å². The minimum atomic E-state index is -0.928. The first-order valence-corrected chi connectivity index (χ1v) is 7.82. The third-order valence-corrected chi connectivity index (χ3v) is 3.88. The van der Waals surface area contributed by atoms with Gasteiger partial charge in [0.25, 0.3) is 5.91 Å². The van der Waals surface area contributed by atoms with Crippen molar-refractivity contribution in [2.24, 2.45) is 5.92 Å². The smallest absolute Gasteiger partial charge is 0.308 e. The molecule has 0 aromatic heterocycles. The average molecular weight is 329 g/mol. The van der Waals surface area contributed by atoms with Crippen molar-refractivity contribution in [1.82, 2.24) is 4.90 Å². The SMILES string of the molecule is CCC(CN(Cc1ccc(F)cc1)C(=O)c1ccccc1)C(=O)O. The highest BCUT2D eigenvalue weighted by Crippen LogP contribution is 2.15. The standard InChI is InChI=1S/C19H20FNO3/c1-2-15(19(23)24)13-21(12-14-8-10-17(20)11-9-14)18(22)16-6-4-3-5-7-16/h3-11,15H,2,12-13H2,1H3,(H,23,24). The summed E-state index contributed by atoms with van der Waals surface area (Å²) in [6.45, 7) is 2.12. The highest BCUT2D eigenvalue weighted by Gasteiger charge is 2.23. The maximum atomic E-state index is 13.1. The van der Waals surface area contributed by atoms with E-state index in [0.29, 0.717) is 12.0 Å². The molecule has 4 nitrogen and oxygen atoms in total. The molecule has 0 saturated carbocycles. The number of amides is 1. The Hall–Kier alpha value is -2.69. The molecule has 0 spiro atoms. The van der Waals surface area contributed by atoms with Gasteiger partial charge in [0.15, 0.2) is 0 Å². The van der Waals surface area contributed by atoms with E-state index in [1.165, 1.54) is 17.0 Å². The molecule has 2 aromatic carbocycles. The monoisotopic (exact) mass is 329 g/mol. The van der Waals surface area contributed by atoms with Crippen molar-refractivity contribution in [2.45, 2.75) is 19.9 Å². The summed E-state index contributed by atoms with van der Waals surface area (Å²) in [5, 5.41) is 9.29. The van der Waals surface area contributed by atoms with Gasteiger partial charge in [0, 0.05) is 18.7 Å². The summed E-state index contributed by atoms with van der Waals surface area (Å²) in [4.78, 5) is 25.6. The molecule has 0 fully saturated rings. The molecule has 0 bridgehead atoms. The summed E-state index contributed by atoms with van der Waals surface area (Å²) in [5.74, 6) is -2.16. The number of hydrogen-bond acceptors (Lipinski definition) is 2. The van der Waals surface area contributed by atoms with E-state index in [1.807, 2.05) is 6.07 Å². The minimum Gasteiger partial charge on any atom is -0.481 e. The first-order chi connectivity index (χ1) is 11.5. The Morgan fingerprint density at radius 1 is 1.08 bits per heavy atom. The molecule has 2 rings (SSSR count). The Bertz CT molecular complexity index is 686. The lowest BCUT2D eigenvalue weighted by atomic mass is 10.0. The number of carboxylic acid groups (broad SMARTS) is 1. The van der Waals surface area contributed by atoms with Crippen molar-refractivity contribution in [3.8, 4) is 0 Å². The topological polar surface area (TPSA) is 57.6 Å². The van der Waals surface area contributed by atoms with Crippen LogP contribution in [-0.4, -0.2) is 28.4 Å². The number of nitrogens with zero attached hydrogens (tertiary/aromatic N) is 1. The molecule has 0 saturated heterocycles. The Kier molecular flexibility index (Phi) is 6.07. The van der Waals surface area contributed by atoms with Crippen LogP contribution in [0.5, 0.6) is 0 Å². The van der Waals surface area contributed by atoms with Crippen molar-refractivity contribution >= 4 is 11.9 Å². The third kappa shape index (κ3) is 4.65. The van der Waals surface area contributed by atoms with Gasteiger partial charge in [0.05, 0.1) is 5.92 Å². The summed E-state index contributed by atoms with van der Waals surface area (Å²) in [6, 6.07) is 14.6. The number of hydrogen-bond donors (Lipinski definition) is 1. The van der Waals surface area contributed by atoms with Crippen LogP contribution in [0.2, 0.25) is 0 Å². The van der Waals surface area contributed by atoms with E-state index in [1.54, 1.807) is 43.3 Å². The van der Waals surface area contributed by atoms with Gasteiger partial charge >= 0.3 is 5.97 Å². The molecular weight excluding hydrogens is 309 g/mol. The van der Waals surface area contributed by atoms with Crippen LogP contribution in [0.4, 0.5) is 4.39 Å². The molecule has 0 aliphatic heterocycles. The molecular formula is C19H20FNO3. The van der Waals surface area contributed by atoms with E-state index in [0.717, 1.165) is 5.56 Å². The zero-order chi connectivity index (χ0) is 17.5. The highest BCUT2D eigenvalue weighted by atomic mass is 19.1. The van der Waals surface area contributed by atoms with Gasteiger partial charge in [-0.15, -0.1) is 0 Å². The summed E-state index contributed by atoms with van der Waals surface area (Å²) in [6.07, 6.45) is 0.428. The van der Waals surface area contributed by atoms with E-state index in [2.05, 4.69) is 0 Å². The lowest BCUT2D eigenvalue weighted by Crippen LogP contribution is -2.37. The van der Waals surface area contributed by atoms with E-state index in [-0.39, 0.29) is 24.8 Å². The van der Waals surface area contributed by atoms with Crippen LogP contribution in [0.1, 0.15) is 29.3 Å². The van der Waals surface area contributed by atoms with Crippen molar-refractivity contribution in [3.63, 3.8) is 0 Å². The number of halogens is 1. The molecule has 0 radical (unpaired) electrons. The normalized spacial score (nSPS) is 11.8. The molecule has 1 atom stereocenters. The maximum absolute atomic E-state index is 13.1. The second-order valence-corrected chi connectivity index (χ2v) is 5.62. The summed E-state index contributed by atoms with van der Waals surface area (Å²) >= 11 is 0. The van der Waals surface area contributed by atoms with Crippen molar-refractivity contribution in [2.75, 3.05) is 6.54 Å².